The van der Waals surface area contributed by atoms with E-state index in [1.807, 2.05) is 6.92 Å². The Morgan fingerprint density at radius 3 is 2.83 bits per heavy atom. The Morgan fingerprint density at radius 2 is 2.00 bits per heavy atom. The second-order valence-electron chi connectivity index (χ2n) is 6.79. The van der Waals surface area contributed by atoms with Crippen molar-refractivity contribution in [2.75, 3.05) is 13.3 Å². The van der Waals surface area contributed by atoms with Crippen LogP contribution >= 0.6 is 11.3 Å². The molecule has 3 heterocycles. The van der Waals surface area contributed by atoms with E-state index < -0.39 is 5.69 Å². The average molecular weight is 415 g/mol. The van der Waals surface area contributed by atoms with Gasteiger partial charge in [0.15, 0.2) is 11.5 Å². The van der Waals surface area contributed by atoms with Crippen LogP contribution in [-0.4, -0.2) is 28.4 Å². The molecule has 0 atom stereocenters. The number of fused-ring (bicyclic) bond motifs is 2. The van der Waals surface area contributed by atoms with Gasteiger partial charge in [-0.05, 0) is 35.6 Å². The summed E-state index contributed by atoms with van der Waals surface area (Å²) in [6.07, 6.45) is 1.84. The first-order valence-corrected chi connectivity index (χ1v) is 10.3. The van der Waals surface area contributed by atoms with Crippen LogP contribution in [0.4, 0.5) is 0 Å². The highest BCUT2D eigenvalue weighted by Crippen LogP contribution is 2.32. The molecular weight excluding hydrogens is 394 g/mol. The van der Waals surface area contributed by atoms with Gasteiger partial charge in [-0.2, -0.15) is 0 Å². The van der Waals surface area contributed by atoms with E-state index >= 15 is 0 Å². The van der Waals surface area contributed by atoms with Crippen molar-refractivity contribution >= 4 is 27.5 Å². The van der Waals surface area contributed by atoms with E-state index in [-0.39, 0.29) is 31.3 Å². The molecule has 0 aliphatic carbocycles. The molecule has 1 aromatic carbocycles. The molecule has 0 saturated heterocycles. The normalized spacial score (nSPS) is 12.4. The van der Waals surface area contributed by atoms with Crippen LogP contribution in [0.1, 0.15) is 25.3 Å². The zero-order chi connectivity index (χ0) is 20.4. The van der Waals surface area contributed by atoms with Gasteiger partial charge in [-0.15, -0.1) is 11.3 Å². The Kier molecular flexibility index (Phi) is 5.39. The van der Waals surface area contributed by atoms with E-state index in [4.69, 9.17) is 9.47 Å². The molecule has 0 saturated carbocycles. The summed E-state index contributed by atoms with van der Waals surface area (Å²) in [4.78, 5) is 38.3. The summed E-state index contributed by atoms with van der Waals surface area (Å²) >= 11 is 1.26. The SMILES string of the molecule is CCCCNC(=O)Cn1c(=O)n(Cc2ccc3c(c2)OCO3)c(=O)c2sccc21. The number of hydrogen-bond donors (Lipinski definition) is 1. The van der Waals surface area contributed by atoms with Gasteiger partial charge in [-0.3, -0.25) is 18.7 Å². The van der Waals surface area contributed by atoms with E-state index in [1.54, 1.807) is 29.6 Å². The summed E-state index contributed by atoms with van der Waals surface area (Å²) in [5.41, 5.74) is 0.352. The minimum atomic E-state index is -0.510. The molecule has 1 N–H and O–H groups in total. The number of nitrogens with zero attached hydrogens (tertiary/aromatic N) is 2. The van der Waals surface area contributed by atoms with E-state index in [0.29, 0.717) is 28.3 Å². The van der Waals surface area contributed by atoms with Gasteiger partial charge >= 0.3 is 5.69 Å². The Balaban J connectivity index is 1.70. The van der Waals surface area contributed by atoms with Gasteiger partial charge in [0.25, 0.3) is 5.56 Å². The topological polar surface area (TPSA) is 91.6 Å². The van der Waals surface area contributed by atoms with Crippen molar-refractivity contribution in [3.05, 3.63) is 56.0 Å². The average Bonchev–Trinajstić information content (AvgIpc) is 3.37. The number of carbonyl (C=O) groups excluding carboxylic acids is 1. The largest absolute Gasteiger partial charge is 0.454 e. The zero-order valence-electron chi connectivity index (χ0n) is 16.0. The van der Waals surface area contributed by atoms with Gasteiger partial charge in [0.1, 0.15) is 11.2 Å². The van der Waals surface area contributed by atoms with Gasteiger partial charge in [0.05, 0.1) is 12.1 Å². The summed E-state index contributed by atoms with van der Waals surface area (Å²) in [7, 11) is 0. The molecule has 3 aromatic rings. The van der Waals surface area contributed by atoms with Crippen molar-refractivity contribution in [3.63, 3.8) is 0 Å². The maximum atomic E-state index is 13.1. The molecule has 4 rings (SSSR count). The molecule has 1 aliphatic rings. The highest BCUT2D eigenvalue weighted by Gasteiger charge is 2.18. The summed E-state index contributed by atoms with van der Waals surface area (Å²) in [6.45, 7) is 2.71. The lowest BCUT2D eigenvalue weighted by atomic mass is 10.2. The summed E-state index contributed by atoms with van der Waals surface area (Å²) in [5.74, 6) is 0.973. The molecule has 152 valence electrons. The number of amides is 1. The Morgan fingerprint density at radius 1 is 1.17 bits per heavy atom. The smallest absolute Gasteiger partial charge is 0.332 e. The summed E-state index contributed by atoms with van der Waals surface area (Å²) in [5, 5.41) is 4.57. The number of hydrogen-bond acceptors (Lipinski definition) is 6. The van der Waals surface area contributed by atoms with Crippen LogP contribution in [0.2, 0.25) is 0 Å². The van der Waals surface area contributed by atoms with E-state index in [2.05, 4.69) is 5.32 Å². The second kappa shape index (κ2) is 8.12. The number of ether oxygens (including phenoxy) is 2. The van der Waals surface area contributed by atoms with Crippen molar-refractivity contribution < 1.29 is 14.3 Å². The van der Waals surface area contributed by atoms with Gasteiger partial charge in [-0.25, -0.2) is 4.79 Å². The zero-order valence-corrected chi connectivity index (χ0v) is 16.8. The number of thiophene rings is 1. The van der Waals surface area contributed by atoms with Crippen LogP contribution < -0.4 is 26.0 Å². The van der Waals surface area contributed by atoms with E-state index in [0.717, 1.165) is 23.0 Å². The molecule has 9 heteroatoms. The third-order valence-electron chi connectivity index (χ3n) is 4.77. The lowest BCUT2D eigenvalue weighted by Crippen LogP contribution is -2.42. The number of benzene rings is 1. The molecule has 0 radical (unpaired) electrons. The van der Waals surface area contributed by atoms with Crippen molar-refractivity contribution in [2.45, 2.75) is 32.9 Å². The molecule has 0 bridgehead atoms. The lowest BCUT2D eigenvalue weighted by Gasteiger charge is -2.12. The highest BCUT2D eigenvalue weighted by atomic mass is 32.1. The first-order valence-electron chi connectivity index (χ1n) is 9.44. The van der Waals surface area contributed by atoms with E-state index in [9.17, 15) is 14.4 Å². The highest BCUT2D eigenvalue weighted by molar-refractivity contribution is 7.17. The van der Waals surface area contributed by atoms with Crippen LogP contribution in [0.15, 0.2) is 39.2 Å². The molecule has 1 amide bonds. The summed E-state index contributed by atoms with van der Waals surface area (Å²) < 4.78 is 13.7. The Labute approximate surface area is 170 Å². The quantitative estimate of drug-likeness (QED) is 0.596. The predicted molar refractivity (Wildman–Crippen MR) is 110 cm³/mol. The lowest BCUT2D eigenvalue weighted by molar-refractivity contribution is -0.121. The fraction of sp³-hybridized carbons (Fsp3) is 0.350. The molecule has 29 heavy (non-hydrogen) atoms. The molecule has 0 spiro atoms. The van der Waals surface area contributed by atoms with Crippen molar-refractivity contribution in [2.24, 2.45) is 0 Å². The number of aromatic nitrogens is 2. The monoisotopic (exact) mass is 415 g/mol. The molecular formula is C20H21N3O5S. The summed E-state index contributed by atoms with van der Waals surface area (Å²) in [6, 6.07) is 7.01. The third kappa shape index (κ3) is 3.77. The second-order valence-corrected chi connectivity index (χ2v) is 7.70. The number of unbranched alkanes of at least 4 members (excludes halogenated alkanes) is 1. The Bertz CT molecular complexity index is 1180. The van der Waals surface area contributed by atoms with Crippen LogP contribution in [0.25, 0.3) is 10.2 Å². The molecule has 2 aromatic heterocycles. The standard InChI is InChI=1S/C20H21N3O5S/c1-2-3-7-21-17(24)11-22-14-6-8-29-18(14)19(25)23(20(22)26)10-13-4-5-15-16(9-13)28-12-27-15/h4-6,8-9H,2-3,7,10-12H2,1H3,(H,21,24). The molecule has 8 nitrogen and oxygen atoms in total. The minimum absolute atomic E-state index is 0.0829. The van der Waals surface area contributed by atoms with Crippen molar-refractivity contribution in [3.8, 4) is 11.5 Å². The predicted octanol–water partition coefficient (Wildman–Crippen LogP) is 1.92. The van der Waals surface area contributed by atoms with Crippen LogP contribution in [0.5, 0.6) is 11.5 Å². The maximum Gasteiger partial charge on any atom is 0.332 e. The Hall–Kier alpha value is -3.07. The van der Waals surface area contributed by atoms with Crippen molar-refractivity contribution in [1.29, 1.82) is 0 Å². The van der Waals surface area contributed by atoms with Gasteiger partial charge < -0.3 is 14.8 Å². The van der Waals surface area contributed by atoms with Crippen LogP contribution in [-0.2, 0) is 17.9 Å². The number of carbonyl (C=O) groups is 1. The first-order chi connectivity index (χ1) is 14.1. The van der Waals surface area contributed by atoms with E-state index in [1.165, 1.54) is 15.9 Å². The molecule has 0 unspecified atom stereocenters. The maximum absolute atomic E-state index is 13.1. The van der Waals surface area contributed by atoms with Gasteiger partial charge in [-0.1, -0.05) is 19.4 Å². The van der Waals surface area contributed by atoms with Gasteiger partial charge in [0.2, 0.25) is 12.7 Å². The first kappa shape index (κ1) is 19.3. The third-order valence-corrected chi connectivity index (χ3v) is 5.66. The fourth-order valence-corrected chi connectivity index (χ4v) is 4.09. The minimum Gasteiger partial charge on any atom is -0.454 e. The number of nitrogens with one attached hydrogen (secondary N) is 1. The number of rotatable bonds is 7. The van der Waals surface area contributed by atoms with Crippen LogP contribution in [0, 0.1) is 0 Å². The molecule has 0 fully saturated rings. The fourth-order valence-electron chi connectivity index (χ4n) is 3.25. The van der Waals surface area contributed by atoms with Crippen LogP contribution in [0.3, 0.4) is 0 Å². The van der Waals surface area contributed by atoms with Crippen molar-refractivity contribution in [1.82, 2.24) is 14.5 Å². The van der Waals surface area contributed by atoms with Gasteiger partial charge in [0, 0.05) is 6.54 Å². The molecule has 1 aliphatic heterocycles.